The predicted octanol–water partition coefficient (Wildman–Crippen LogP) is 1.21. The molecule has 2 aromatic rings. The van der Waals surface area contributed by atoms with E-state index in [0.717, 1.165) is 24.7 Å². The van der Waals surface area contributed by atoms with Crippen molar-refractivity contribution in [2.45, 2.75) is 26.7 Å². The number of carboxylic acids is 1. The fourth-order valence-corrected chi connectivity index (χ4v) is 2.73. The quantitative estimate of drug-likeness (QED) is 0.783. The van der Waals surface area contributed by atoms with Gasteiger partial charge in [-0.1, -0.05) is 12.1 Å². The van der Waals surface area contributed by atoms with Crippen molar-refractivity contribution in [3.05, 3.63) is 51.3 Å². The van der Waals surface area contributed by atoms with Gasteiger partial charge in [0, 0.05) is 18.0 Å². The molecule has 1 aliphatic rings. The minimum Gasteiger partial charge on any atom is -0.478 e. The summed E-state index contributed by atoms with van der Waals surface area (Å²) in [4.78, 5) is 23.8. The Labute approximate surface area is 133 Å². The summed E-state index contributed by atoms with van der Waals surface area (Å²) in [7, 11) is 0. The van der Waals surface area contributed by atoms with Crippen LogP contribution in [0.25, 0.3) is 6.20 Å². The molecule has 0 fully saturated rings. The van der Waals surface area contributed by atoms with E-state index in [1.807, 2.05) is 18.3 Å². The van der Waals surface area contributed by atoms with Crippen LogP contribution in [0.15, 0.2) is 23.2 Å². The second-order valence-corrected chi connectivity index (χ2v) is 5.54. The molecular formula is C17H18N4O2. The van der Waals surface area contributed by atoms with Crippen molar-refractivity contribution in [2.24, 2.45) is 4.99 Å². The van der Waals surface area contributed by atoms with Crippen molar-refractivity contribution in [1.82, 2.24) is 9.97 Å². The lowest BCUT2D eigenvalue weighted by molar-refractivity contribution is 0.0694. The van der Waals surface area contributed by atoms with Crippen molar-refractivity contribution >= 4 is 18.1 Å². The summed E-state index contributed by atoms with van der Waals surface area (Å²) >= 11 is 0. The standard InChI is InChI=1S/C17H18N4O2/c1-10-15(16(22)23)11(2)21-17(20-10)18-8-4-6-12-5-3-7-14-13(12)9-19-14/h3,5,7,9H,4,6,8H2,1-2H3,(H,22,23)(H,18,20,21). The topological polar surface area (TPSA) is 87.5 Å². The van der Waals surface area contributed by atoms with Crippen LogP contribution < -0.4 is 15.9 Å². The number of fused-ring (bicyclic) bond motifs is 1. The number of aromatic carboxylic acids is 1. The zero-order valence-corrected chi connectivity index (χ0v) is 13.1. The molecule has 0 unspecified atom stereocenters. The molecule has 0 atom stereocenters. The van der Waals surface area contributed by atoms with Gasteiger partial charge in [-0.15, -0.1) is 0 Å². The van der Waals surface area contributed by atoms with E-state index in [4.69, 9.17) is 5.11 Å². The van der Waals surface area contributed by atoms with Crippen LogP contribution in [-0.2, 0) is 6.42 Å². The van der Waals surface area contributed by atoms with Crippen molar-refractivity contribution in [3.8, 4) is 0 Å². The van der Waals surface area contributed by atoms with Gasteiger partial charge in [-0.25, -0.2) is 14.8 Å². The maximum absolute atomic E-state index is 11.1. The lowest BCUT2D eigenvalue weighted by Gasteiger charge is -2.10. The minimum atomic E-state index is -0.991. The molecule has 0 radical (unpaired) electrons. The maximum Gasteiger partial charge on any atom is 0.339 e. The molecular weight excluding hydrogens is 292 g/mol. The van der Waals surface area contributed by atoms with Crippen LogP contribution in [0.3, 0.4) is 0 Å². The number of nitrogens with zero attached hydrogens (tertiary/aromatic N) is 3. The molecule has 0 amide bonds. The van der Waals surface area contributed by atoms with E-state index >= 15 is 0 Å². The number of carbonyl (C=O) groups is 1. The molecule has 6 nitrogen and oxygen atoms in total. The maximum atomic E-state index is 11.1. The average molecular weight is 310 g/mol. The van der Waals surface area contributed by atoms with Gasteiger partial charge in [0.25, 0.3) is 0 Å². The van der Waals surface area contributed by atoms with Crippen LogP contribution in [0.2, 0.25) is 0 Å². The molecule has 1 aliphatic heterocycles. The second kappa shape index (κ2) is 6.16. The van der Waals surface area contributed by atoms with Crippen molar-refractivity contribution in [2.75, 3.05) is 11.9 Å². The molecule has 23 heavy (non-hydrogen) atoms. The Kier molecular flexibility index (Phi) is 4.06. The molecule has 0 saturated heterocycles. The predicted molar refractivity (Wildman–Crippen MR) is 87.0 cm³/mol. The SMILES string of the molecule is Cc1nc(NCCCc2cccc3c2=CN=3)nc(C)c1C(=O)O. The molecule has 6 heteroatoms. The van der Waals surface area contributed by atoms with Gasteiger partial charge in [-0.2, -0.15) is 0 Å². The van der Waals surface area contributed by atoms with Gasteiger partial charge in [-0.05, 0) is 38.3 Å². The third-order valence-corrected chi connectivity index (χ3v) is 3.90. The Morgan fingerprint density at radius 1 is 1.22 bits per heavy atom. The summed E-state index contributed by atoms with van der Waals surface area (Å²) < 4.78 is 0. The lowest BCUT2D eigenvalue weighted by Crippen LogP contribution is -2.34. The molecule has 3 rings (SSSR count). The number of benzene rings is 1. The minimum absolute atomic E-state index is 0.179. The normalized spacial score (nSPS) is 11.7. The fourth-order valence-electron chi connectivity index (χ4n) is 2.73. The highest BCUT2D eigenvalue weighted by Gasteiger charge is 2.14. The summed E-state index contributed by atoms with van der Waals surface area (Å²) in [5.74, 6) is -0.511. The van der Waals surface area contributed by atoms with Gasteiger partial charge in [0.05, 0.1) is 16.7 Å². The van der Waals surface area contributed by atoms with Crippen LogP contribution in [0, 0.1) is 13.8 Å². The summed E-state index contributed by atoms with van der Waals surface area (Å²) in [5, 5.41) is 14.6. The first-order chi connectivity index (χ1) is 11.1. The highest BCUT2D eigenvalue weighted by atomic mass is 16.4. The number of nitrogens with one attached hydrogen (secondary N) is 1. The number of aromatic nitrogens is 2. The Morgan fingerprint density at radius 3 is 2.57 bits per heavy atom. The van der Waals surface area contributed by atoms with E-state index in [1.54, 1.807) is 13.8 Å². The molecule has 0 saturated carbocycles. The van der Waals surface area contributed by atoms with Crippen LogP contribution in [-0.4, -0.2) is 27.6 Å². The van der Waals surface area contributed by atoms with E-state index < -0.39 is 5.97 Å². The summed E-state index contributed by atoms with van der Waals surface area (Å²) in [5.41, 5.74) is 2.44. The second-order valence-electron chi connectivity index (χ2n) is 5.54. The van der Waals surface area contributed by atoms with Gasteiger partial charge >= 0.3 is 5.97 Å². The first-order valence-electron chi connectivity index (χ1n) is 7.54. The molecule has 2 heterocycles. The number of aryl methyl sites for hydroxylation is 3. The van der Waals surface area contributed by atoms with Crippen molar-refractivity contribution in [1.29, 1.82) is 0 Å². The van der Waals surface area contributed by atoms with Crippen molar-refractivity contribution < 1.29 is 9.90 Å². The number of anilines is 1. The van der Waals surface area contributed by atoms with E-state index in [1.165, 1.54) is 10.8 Å². The molecule has 0 aliphatic carbocycles. The highest BCUT2D eigenvalue weighted by Crippen LogP contribution is 2.12. The Bertz CT molecular complexity index is 867. The van der Waals surface area contributed by atoms with E-state index in [2.05, 4.69) is 26.3 Å². The number of hydrogen-bond donors (Lipinski definition) is 2. The molecule has 0 bridgehead atoms. The van der Waals surface area contributed by atoms with E-state index in [0.29, 0.717) is 17.3 Å². The Balaban J connectivity index is 1.59. The molecule has 1 aromatic carbocycles. The largest absolute Gasteiger partial charge is 0.478 e. The molecule has 1 aromatic heterocycles. The van der Waals surface area contributed by atoms with Gasteiger partial charge in [-0.3, -0.25) is 4.99 Å². The first-order valence-corrected chi connectivity index (χ1v) is 7.54. The monoisotopic (exact) mass is 310 g/mol. The Hall–Kier alpha value is -2.76. The third kappa shape index (κ3) is 3.06. The highest BCUT2D eigenvalue weighted by molar-refractivity contribution is 5.90. The summed E-state index contributed by atoms with van der Waals surface area (Å²) in [6.07, 6.45) is 3.79. The van der Waals surface area contributed by atoms with Gasteiger partial charge in [0.15, 0.2) is 0 Å². The van der Waals surface area contributed by atoms with Gasteiger partial charge in [0.2, 0.25) is 5.95 Å². The van der Waals surface area contributed by atoms with Crippen LogP contribution in [0.4, 0.5) is 5.95 Å². The van der Waals surface area contributed by atoms with Crippen LogP contribution >= 0.6 is 0 Å². The van der Waals surface area contributed by atoms with E-state index in [9.17, 15) is 4.79 Å². The Morgan fingerprint density at radius 2 is 1.96 bits per heavy atom. The third-order valence-electron chi connectivity index (χ3n) is 3.90. The molecule has 0 spiro atoms. The smallest absolute Gasteiger partial charge is 0.339 e. The van der Waals surface area contributed by atoms with Crippen LogP contribution in [0.5, 0.6) is 0 Å². The summed E-state index contributed by atoms with van der Waals surface area (Å²) in [6, 6.07) is 6.16. The average Bonchev–Trinajstić information content (AvgIpc) is 2.44. The zero-order valence-electron chi connectivity index (χ0n) is 13.1. The fraction of sp³-hybridized carbons (Fsp3) is 0.294. The van der Waals surface area contributed by atoms with Crippen LogP contribution in [0.1, 0.15) is 33.7 Å². The molecule has 2 N–H and O–H groups in total. The first kappa shape index (κ1) is 15.1. The van der Waals surface area contributed by atoms with Gasteiger partial charge in [0.1, 0.15) is 5.56 Å². The van der Waals surface area contributed by atoms with Crippen molar-refractivity contribution in [3.63, 3.8) is 0 Å². The number of rotatable bonds is 6. The van der Waals surface area contributed by atoms with E-state index in [-0.39, 0.29) is 5.56 Å². The molecule has 118 valence electrons. The van der Waals surface area contributed by atoms with Gasteiger partial charge < -0.3 is 10.4 Å². The lowest BCUT2D eigenvalue weighted by atomic mass is 10.1. The number of carboxylic acid groups (broad SMARTS) is 1. The number of hydrogen-bond acceptors (Lipinski definition) is 5. The summed E-state index contributed by atoms with van der Waals surface area (Å²) in [6.45, 7) is 4.10. The zero-order chi connectivity index (χ0) is 16.4.